The van der Waals surface area contributed by atoms with Crippen molar-refractivity contribution in [1.29, 1.82) is 0 Å². The van der Waals surface area contributed by atoms with E-state index in [4.69, 9.17) is 20.6 Å². The Kier molecular flexibility index (Phi) is 6.25. The van der Waals surface area contributed by atoms with Crippen LogP contribution in [0.2, 0.25) is 0 Å². The van der Waals surface area contributed by atoms with Crippen molar-refractivity contribution in [1.82, 2.24) is 34.6 Å². The van der Waals surface area contributed by atoms with E-state index in [2.05, 4.69) is 73.9 Å². The number of benzene rings is 2. The third-order valence-corrected chi connectivity index (χ3v) is 8.39. The van der Waals surface area contributed by atoms with Crippen molar-refractivity contribution in [2.75, 3.05) is 32.0 Å². The summed E-state index contributed by atoms with van der Waals surface area (Å²) in [5.74, 6) is 1.41. The molecule has 1 aliphatic carbocycles. The van der Waals surface area contributed by atoms with Crippen molar-refractivity contribution < 1.29 is 4.74 Å². The summed E-state index contributed by atoms with van der Waals surface area (Å²) in [6.45, 7) is 5.87. The van der Waals surface area contributed by atoms with Crippen LogP contribution < -0.4 is 5.73 Å². The molecule has 3 aromatic heterocycles. The molecule has 0 spiro atoms. The zero-order chi connectivity index (χ0) is 26.3. The highest BCUT2D eigenvalue weighted by atomic mass is 16.5. The fourth-order valence-corrected chi connectivity index (χ4v) is 6.26. The van der Waals surface area contributed by atoms with Gasteiger partial charge < -0.3 is 15.5 Å². The second-order valence-electron chi connectivity index (χ2n) is 10.9. The van der Waals surface area contributed by atoms with Crippen molar-refractivity contribution in [3.63, 3.8) is 0 Å². The number of aryl methyl sites for hydroxylation is 1. The minimum absolute atomic E-state index is 0.296. The molecule has 9 nitrogen and oxygen atoms in total. The molecule has 1 saturated carbocycles. The lowest BCUT2D eigenvalue weighted by molar-refractivity contribution is 0.00520. The van der Waals surface area contributed by atoms with Crippen LogP contribution in [0.1, 0.15) is 48.7 Å². The molecule has 2 aliphatic rings. The van der Waals surface area contributed by atoms with E-state index in [0.717, 1.165) is 97.6 Å². The maximum Gasteiger partial charge on any atom is 0.164 e. The number of rotatable bonds is 5. The Balaban J connectivity index is 1.18. The van der Waals surface area contributed by atoms with E-state index in [0.29, 0.717) is 17.9 Å². The number of aromatic amines is 1. The highest BCUT2D eigenvalue weighted by Gasteiger charge is 2.30. The lowest BCUT2D eigenvalue weighted by Gasteiger charge is -2.38. The van der Waals surface area contributed by atoms with E-state index in [1.54, 1.807) is 6.33 Å². The summed E-state index contributed by atoms with van der Waals surface area (Å²) < 4.78 is 7.67. The van der Waals surface area contributed by atoms with Gasteiger partial charge in [0.05, 0.1) is 35.7 Å². The number of aromatic nitrogens is 6. The summed E-state index contributed by atoms with van der Waals surface area (Å²) in [6, 6.07) is 15.8. The van der Waals surface area contributed by atoms with Gasteiger partial charge in [0, 0.05) is 31.1 Å². The van der Waals surface area contributed by atoms with Gasteiger partial charge in [-0.25, -0.2) is 19.6 Å². The van der Waals surface area contributed by atoms with Gasteiger partial charge >= 0.3 is 0 Å². The summed E-state index contributed by atoms with van der Waals surface area (Å²) in [6.07, 6.45) is 6.77. The number of nitrogens with zero attached hydrogens (tertiary/aromatic N) is 6. The van der Waals surface area contributed by atoms with Crippen molar-refractivity contribution in [3.05, 3.63) is 65.7 Å². The normalized spacial score (nSPS) is 20.6. The first-order valence-electron chi connectivity index (χ1n) is 14.0. The van der Waals surface area contributed by atoms with E-state index < -0.39 is 0 Å². The highest BCUT2D eigenvalue weighted by Crippen LogP contribution is 2.37. The zero-order valence-corrected chi connectivity index (χ0v) is 22.3. The van der Waals surface area contributed by atoms with Crippen LogP contribution in [0.3, 0.4) is 0 Å². The molecule has 9 heteroatoms. The SMILES string of the molecule is Cc1ccc(Cc2nc3ccc(-c4nn([C@H]5CC[C@H](N6CCOCC6)CC5)c5ncnc(N)c45)cc3[nH]2)cc1. The molecule has 7 rings (SSSR count). The van der Waals surface area contributed by atoms with E-state index in [1.807, 2.05) is 0 Å². The molecule has 200 valence electrons. The molecule has 0 amide bonds. The Labute approximate surface area is 227 Å². The standard InChI is InChI=1S/C30H34N8O/c1-19-2-4-20(5-3-19)16-26-34-24-11-6-21(17-25(24)35-26)28-27-29(31)32-18-33-30(27)38(36-28)23-9-7-22(8-10-23)37-12-14-39-15-13-37/h2-6,11,17-18,22-23H,7-10,12-16H2,1H3,(H,34,35)(H2,31,32,33)/t22-,23-. The Morgan fingerprint density at radius 2 is 1.74 bits per heavy atom. The van der Waals surface area contributed by atoms with Crippen molar-refractivity contribution in [2.45, 2.75) is 51.1 Å². The van der Waals surface area contributed by atoms with Gasteiger partial charge in [0.15, 0.2) is 5.65 Å². The number of nitrogens with two attached hydrogens (primary N) is 1. The number of hydrogen-bond donors (Lipinski definition) is 2. The molecular weight excluding hydrogens is 488 g/mol. The van der Waals surface area contributed by atoms with Crippen LogP contribution in [0.15, 0.2) is 48.8 Å². The second kappa shape index (κ2) is 10.1. The van der Waals surface area contributed by atoms with Crippen molar-refractivity contribution >= 4 is 27.9 Å². The Morgan fingerprint density at radius 1 is 0.974 bits per heavy atom. The number of ether oxygens (including phenoxy) is 1. The molecule has 2 aromatic carbocycles. The number of H-pyrrole nitrogens is 1. The molecular formula is C30H34N8O. The Bertz CT molecular complexity index is 1610. The Morgan fingerprint density at radius 3 is 2.54 bits per heavy atom. The predicted octanol–water partition coefficient (Wildman–Crippen LogP) is 4.67. The zero-order valence-electron chi connectivity index (χ0n) is 22.3. The van der Waals surface area contributed by atoms with Crippen LogP contribution in [-0.2, 0) is 11.2 Å². The van der Waals surface area contributed by atoms with Gasteiger partial charge in [-0.1, -0.05) is 35.9 Å². The molecule has 5 aromatic rings. The number of anilines is 1. The van der Waals surface area contributed by atoms with Crippen LogP contribution in [0.25, 0.3) is 33.3 Å². The maximum absolute atomic E-state index is 6.43. The Hall–Kier alpha value is -3.82. The molecule has 0 atom stereocenters. The van der Waals surface area contributed by atoms with Gasteiger partial charge in [-0.2, -0.15) is 5.10 Å². The number of morpholine rings is 1. The van der Waals surface area contributed by atoms with E-state index in [-0.39, 0.29) is 0 Å². The van der Waals surface area contributed by atoms with Gasteiger partial charge in [-0.3, -0.25) is 4.90 Å². The van der Waals surface area contributed by atoms with Gasteiger partial charge in [-0.05, 0) is 50.3 Å². The molecule has 0 unspecified atom stereocenters. The fourth-order valence-electron chi connectivity index (χ4n) is 6.26. The lowest BCUT2D eigenvalue weighted by Crippen LogP contribution is -2.45. The van der Waals surface area contributed by atoms with Crippen LogP contribution in [0, 0.1) is 6.92 Å². The largest absolute Gasteiger partial charge is 0.383 e. The van der Waals surface area contributed by atoms with Crippen LogP contribution in [0.4, 0.5) is 5.82 Å². The summed E-state index contributed by atoms with van der Waals surface area (Å²) in [5.41, 5.74) is 13.5. The minimum Gasteiger partial charge on any atom is -0.383 e. The van der Waals surface area contributed by atoms with Gasteiger partial charge in [0.2, 0.25) is 0 Å². The molecule has 0 radical (unpaired) electrons. The van der Waals surface area contributed by atoms with Gasteiger partial charge in [0.25, 0.3) is 0 Å². The fraction of sp³-hybridized carbons (Fsp3) is 0.400. The quantitative estimate of drug-likeness (QED) is 0.345. The van der Waals surface area contributed by atoms with E-state index in [9.17, 15) is 0 Å². The smallest absolute Gasteiger partial charge is 0.164 e. The summed E-state index contributed by atoms with van der Waals surface area (Å²) in [4.78, 5) is 19.9. The first-order chi connectivity index (χ1) is 19.1. The topological polar surface area (TPSA) is 111 Å². The van der Waals surface area contributed by atoms with E-state index in [1.165, 1.54) is 11.1 Å². The summed E-state index contributed by atoms with van der Waals surface area (Å²) in [5, 5.41) is 5.96. The third kappa shape index (κ3) is 4.66. The first-order valence-corrected chi connectivity index (χ1v) is 14.0. The maximum atomic E-state index is 6.43. The number of nitrogen functional groups attached to an aromatic ring is 1. The number of hydrogen-bond acceptors (Lipinski definition) is 7. The summed E-state index contributed by atoms with van der Waals surface area (Å²) in [7, 11) is 0. The molecule has 3 N–H and O–H groups in total. The second-order valence-corrected chi connectivity index (χ2v) is 10.9. The van der Waals surface area contributed by atoms with Crippen LogP contribution in [-0.4, -0.2) is 67.0 Å². The van der Waals surface area contributed by atoms with Gasteiger partial charge in [-0.15, -0.1) is 0 Å². The number of nitrogens with one attached hydrogen (secondary N) is 1. The molecule has 39 heavy (non-hydrogen) atoms. The molecule has 1 aliphatic heterocycles. The molecule has 1 saturated heterocycles. The first kappa shape index (κ1) is 24.2. The van der Waals surface area contributed by atoms with E-state index >= 15 is 0 Å². The molecule has 2 fully saturated rings. The lowest BCUT2D eigenvalue weighted by atomic mass is 9.90. The van der Waals surface area contributed by atoms with Gasteiger partial charge in [0.1, 0.15) is 23.7 Å². The third-order valence-electron chi connectivity index (χ3n) is 8.39. The minimum atomic E-state index is 0.296. The van der Waals surface area contributed by atoms with Crippen molar-refractivity contribution in [2.24, 2.45) is 0 Å². The average Bonchev–Trinajstić information content (AvgIpc) is 3.56. The highest BCUT2D eigenvalue weighted by molar-refractivity contribution is 5.99. The summed E-state index contributed by atoms with van der Waals surface area (Å²) >= 11 is 0. The average molecular weight is 523 g/mol. The molecule has 4 heterocycles. The van der Waals surface area contributed by atoms with Crippen LogP contribution >= 0.6 is 0 Å². The molecule has 0 bridgehead atoms. The number of fused-ring (bicyclic) bond motifs is 2. The van der Waals surface area contributed by atoms with Crippen LogP contribution in [0.5, 0.6) is 0 Å². The predicted molar refractivity (Wildman–Crippen MR) is 152 cm³/mol. The van der Waals surface area contributed by atoms with Crippen molar-refractivity contribution in [3.8, 4) is 11.3 Å². The number of imidazole rings is 1. The monoisotopic (exact) mass is 522 g/mol.